The number of fused-ring (bicyclic) bond motifs is 1. The van der Waals surface area contributed by atoms with Crippen LogP contribution in [0.5, 0.6) is 0 Å². The molecule has 1 heterocycles. The molecule has 0 saturated heterocycles. The third-order valence-electron chi connectivity index (χ3n) is 5.58. The van der Waals surface area contributed by atoms with E-state index in [1.54, 1.807) is 0 Å². The zero-order chi connectivity index (χ0) is 17.0. The van der Waals surface area contributed by atoms with Gasteiger partial charge >= 0.3 is 0 Å². The lowest BCUT2D eigenvalue weighted by atomic mass is 9.77. The van der Waals surface area contributed by atoms with E-state index in [2.05, 4.69) is 78.4 Å². The van der Waals surface area contributed by atoms with Gasteiger partial charge in [0.05, 0.1) is 23.0 Å². The largest absolute Gasteiger partial charge is 0.411 e. The standard InChI is InChI=1S/C18H27BrN2OSi/c1-17(2,3)23(5,6)22-18(4)10-13(11-18)21-12-20-15-9-7-8-14(19)16(15)21/h7-9,12-13H,10-11H2,1-6H3. The fraction of sp³-hybridized carbons (Fsp3) is 0.611. The summed E-state index contributed by atoms with van der Waals surface area (Å²) in [6, 6.07) is 6.67. The van der Waals surface area contributed by atoms with Gasteiger partial charge in [0.15, 0.2) is 8.32 Å². The molecule has 2 aromatic rings. The molecule has 3 nitrogen and oxygen atoms in total. The van der Waals surface area contributed by atoms with Gasteiger partial charge < -0.3 is 8.99 Å². The molecule has 23 heavy (non-hydrogen) atoms. The molecule has 0 spiro atoms. The summed E-state index contributed by atoms with van der Waals surface area (Å²) >= 11 is 3.67. The molecule has 1 aromatic heterocycles. The SMILES string of the molecule is CC1(O[Si](C)(C)C(C)(C)C)CC(n2cnc3cccc(Br)c32)C1. The van der Waals surface area contributed by atoms with Crippen LogP contribution in [0.25, 0.3) is 11.0 Å². The van der Waals surface area contributed by atoms with Crippen LogP contribution in [0, 0.1) is 0 Å². The Morgan fingerprint density at radius 2 is 1.96 bits per heavy atom. The number of halogens is 1. The molecule has 1 aliphatic rings. The zero-order valence-electron chi connectivity index (χ0n) is 15.0. The minimum atomic E-state index is -1.72. The van der Waals surface area contributed by atoms with Gasteiger partial charge in [-0.05, 0) is 66.0 Å². The summed E-state index contributed by atoms with van der Waals surface area (Å²) in [7, 11) is -1.72. The van der Waals surface area contributed by atoms with Crippen molar-refractivity contribution in [3.63, 3.8) is 0 Å². The van der Waals surface area contributed by atoms with Crippen LogP contribution in [0.3, 0.4) is 0 Å². The lowest BCUT2D eigenvalue weighted by Crippen LogP contribution is -2.54. The lowest BCUT2D eigenvalue weighted by molar-refractivity contribution is -0.0377. The monoisotopic (exact) mass is 394 g/mol. The minimum Gasteiger partial charge on any atom is -0.411 e. The van der Waals surface area contributed by atoms with Crippen LogP contribution in [0.15, 0.2) is 29.0 Å². The van der Waals surface area contributed by atoms with Crippen LogP contribution in [0.2, 0.25) is 18.1 Å². The number of para-hydroxylation sites is 1. The predicted molar refractivity (Wildman–Crippen MR) is 102 cm³/mol. The van der Waals surface area contributed by atoms with Gasteiger partial charge in [-0.25, -0.2) is 4.98 Å². The Bertz CT molecular complexity index is 726. The number of aromatic nitrogens is 2. The highest BCUT2D eigenvalue weighted by molar-refractivity contribution is 9.10. The number of hydrogen-bond acceptors (Lipinski definition) is 2. The molecule has 0 amide bonds. The van der Waals surface area contributed by atoms with Crippen molar-refractivity contribution in [1.29, 1.82) is 0 Å². The second-order valence-corrected chi connectivity index (χ2v) is 14.2. The third-order valence-corrected chi connectivity index (χ3v) is 10.8. The quantitative estimate of drug-likeness (QED) is 0.604. The molecule has 0 atom stereocenters. The Balaban J connectivity index is 1.78. The van der Waals surface area contributed by atoms with Crippen LogP contribution in [-0.2, 0) is 4.43 Å². The Morgan fingerprint density at radius 1 is 1.30 bits per heavy atom. The maximum Gasteiger partial charge on any atom is 0.192 e. The molecule has 0 bridgehead atoms. The van der Waals surface area contributed by atoms with Crippen molar-refractivity contribution in [3.05, 3.63) is 29.0 Å². The smallest absolute Gasteiger partial charge is 0.192 e. The van der Waals surface area contributed by atoms with Gasteiger partial charge in [0.1, 0.15) is 0 Å². The van der Waals surface area contributed by atoms with Gasteiger partial charge in [-0.2, -0.15) is 0 Å². The Kier molecular flexibility index (Phi) is 4.05. The van der Waals surface area contributed by atoms with E-state index in [1.165, 1.54) is 5.52 Å². The van der Waals surface area contributed by atoms with Crippen LogP contribution in [0.1, 0.15) is 46.6 Å². The number of hydrogen-bond donors (Lipinski definition) is 0. The van der Waals surface area contributed by atoms with Crippen molar-refractivity contribution in [3.8, 4) is 0 Å². The molecule has 0 N–H and O–H groups in total. The second-order valence-electron chi connectivity index (χ2n) is 8.63. The summed E-state index contributed by atoms with van der Waals surface area (Å²) in [5, 5.41) is 0.256. The molecule has 5 heteroatoms. The van der Waals surface area contributed by atoms with Gasteiger partial charge in [0.25, 0.3) is 0 Å². The van der Waals surface area contributed by atoms with Gasteiger partial charge in [-0.3, -0.25) is 0 Å². The topological polar surface area (TPSA) is 27.1 Å². The highest BCUT2D eigenvalue weighted by atomic mass is 79.9. The fourth-order valence-electron chi connectivity index (χ4n) is 3.31. The number of rotatable bonds is 3. The molecule has 126 valence electrons. The van der Waals surface area contributed by atoms with E-state index in [0.29, 0.717) is 6.04 Å². The van der Waals surface area contributed by atoms with Crippen LogP contribution < -0.4 is 0 Å². The average Bonchev–Trinajstić information content (AvgIpc) is 2.79. The maximum absolute atomic E-state index is 6.69. The highest BCUT2D eigenvalue weighted by Gasteiger charge is 2.49. The Labute approximate surface area is 148 Å². The van der Waals surface area contributed by atoms with E-state index in [-0.39, 0.29) is 10.6 Å². The Hall–Kier alpha value is -0.653. The summed E-state index contributed by atoms with van der Waals surface area (Å²) in [5.74, 6) is 0. The predicted octanol–water partition coefficient (Wildman–Crippen LogP) is 5.91. The van der Waals surface area contributed by atoms with Crippen molar-refractivity contribution in [2.24, 2.45) is 0 Å². The minimum absolute atomic E-state index is 0.00547. The fourth-order valence-corrected chi connectivity index (χ4v) is 5.57. The van der Waals surface area contributed by atoms with E-state index in [4.69, 9.17) is 4.43 Å². The molecule has 0 aliphatic heterocycles. The molecule has 1 fully saturated rings. The molecular formula is C18H27BrN2OSi. The van der Waals surface area contributed by atoms with Crippen molar-refractivity contribution in [1.82, 2.24) is 9.55 Å². The lowest BCUT2D eigenvalue weighted by Gasteiger charge is -2.52. The third kappa shape index (κ3) is 3.03. The first-order valence-electron chi connectivity index (χ1n) is 8.34. The number of imidazole rings is 1. The maximum atomic E-state index is 6.69. The van der Waals surface area contributed by atoms with E-state index in [9.17, 15) is 0 Å². The summed E-state index contributed by atoms with van der Waals surface area (Å²) in [6.07, 6.45) is 4.10. The molecule has 0 radical (unpaired) electrons. The van der Waals surface area contributed by atoms with Gasteiger partial charge in [0, 0.05) is 10.5 Å². The van der Waals surface area contributed by atoms with Crippen LogP contribution in [0.4, 0.5) is 0 Å². The number of nitrogens with zero attached hydrogens (tertiary/aromatic N) is 2. The normalized spacial score (nSPS) is 25.6. The van der Waals surface area contributed by atoms with E-state index < -0.39 is 8.32 Å². The van der Waals surface area contributed by atoms with E-state index in [0.717, 1.165) is 22.8 Å². The Morgan fingerprint density at radius 3 is 2.57 bits per heavy atom. The summed E-state index contributed by atoms with van der Waals surface area (Å²) in [6.45, 7) is 13.9. The van der Waals surface area contributed by atoms with Gasteiger partial charge in [-0.15, -0.1) is 0 Å². The first-order chi connectivity index (χ1) is 10.5. The van der Waals surface area contributed by atoms with E-state index >= 15 is 0 Å². The first-order valence-corrected chi connectivity index (χ1v) is 12.0. The summed E-state index contributed by atoms with van der Waals surface area (Å²) in [4.78, 5) is 4.54. The molecule has 1 saturated carbocycles. The van der Waals surface area contributed by atoms with E-state index in [1.807, 2.05) is 12.4 Å². The highest BCUT2D eigenvalue weighted by Crippen LogP contribution is 2.50. The van der Waals surface area contributed by atoms with Crippen LogP contribution in [-0.4, -0.2) is 23.5 Å². The van der Waals surface area contributed by atoms with Gasteiger partial charge in [0.2, 0.25) is 0 Å². The van der Waals surface area contributed by atoms with Crippen molar-refractivity contribution >= 4 is 35.3 Å². The molecule has 3 rings (SSSR count). The average molecular weight is 395 g/mol. The van der Waals surface area contributed by atoms with Gasteiger partial charge in [-0.1, -0.05) is 26.8 Å². The van der Waals surface area contributed by atoms with Crippen molar-refractivity contribution in [2.75, 3.05) is 0 Å². The molecule has 1 aromatic carbocycles. The molecule has 0 unspecified atom stereocenters. The summed E-state index contributed by atoms with van der Waals surface area (Å²) < 4.78 is 10.1. The molecular weight excluding hydrogens is 368 g/mol. The number of benzene rings is 1. The first kappa shape index (κ1) is 17.2. The van der Waals surface area contributed by atoms with Crippen molar-refractivity contribution < 1.29 is 4.43 Å². The van der Waals surface area contributed by atoms with Crippen LogP contribution >= 0.6 is 15.9 Å². The zero-order valence-corrected chi connectivity index (χ0v) is 17.6. The second kappa shape index (κ2) is 5.43. The summed E-state index contributed by atoms with van der Waals surface area (Å²) in [5.41, 5.74) is 2.26. The molecule has 1 aliphatic carbocycles. The van der Waals surface area contributed by atoms with Crippen molar-refractivity contribution in [2.45, 2.75) is 70.3 Å².